The highest BCUT2D eigenvalue weighted by Gasteiger charge is 2.38. The van der Waals surface area contributed by atoms with Crippen LogP contribution in [0.3, 0.4) is 0 Å². The normalized spacial score (nSPS) is 14.2. The van der Waals surface area contributed by atoms with E-state index < -0.39 is 28.9 Å². The monoisotopic (exact) mass is 895 g/mol. The van der Waals surface area contributed by atoms with Gasteiger partial charge in [-0.1, -0.05) is 209 Å². The van der Waals surface area contributed by atoms with Crippen molar-refractivity contribution < 1.29 is 34.1 Å². The molecule has 0 spiro atoms. The molecule has 0 radical (unpaired) electrons. The maximum Gasteiger partial charge on any atom is 0.508 e. The Morgan fingerprint density at radius 3 is 1.10 bits per heavy atom. The van der Waals surface area contributed by atoms with Crippen molar-refractivity contribution in [3.05, 3.63) is 0 Å². The fraction of sp³-hybridized carbons (Fsp3) is 0.944. The molecule has 3 atom stereocenters. The molecule has 3 unspecified atom stereocenters. The lowest BCUT2D eigenvalue weighted by atomic mass is 9.74. The Morgan fingerprint density at radius 2 is 0.730 bits per heavy atom. The second-order valence-corrected chi connectivity index (χ2v) is 19.3. The summed E-state index contributed by atoms with van der Waals surface area (Å²) in [6.45, 7) is 21.2. The van der Waals surface area contributed by atoms with Crippen molar-refractivity contribution in [3.63, 3.8) is 0 Å². The van der Waals surface area contributed by atoms with E-state index in [1.54, 1.807) is 0 Å². The van der Waals surface area contributed by atoms with Crippen LogP contribution in [0.5, 0.6) is 0 Å². The Balaban J connectivity index is 5.00. The largest absolute Gasteiger partial charge is 0.508 e. The molecule has 9 nitrogen and oxygen atoms in total. The van der Waals surface area contributed by atoms with Gasteiger partial charge in [0.1, 0.15) is 12.7 Å². The van der Waals surface area contributed by atoms with Crippen molar-refractivity contribution >= 4 is 18.1 Å². The zero-order valence-corrected chi connectivity index (χ0v) is 42.9. The summed E-state index contributed by atoms with van der Waals surface area (Å²) < 4.78 is 11.4. The predicted octanol–water partition coefficient (Wildman–Crippen LogP) is 15.7. The summed E-state index contributed by atoms with van der Waals surface area (Å²) in [4.78, 5) is 43.3. The molecule has 0 fully saturated rings. The number of carbonyl (C=O) groups is 3. The van der Waals surface area contributed by atoms with Crippen LogP contribution in [-0.2, 0) is 19.1 Å². The third-order valence-corrected chi connectivity index (χ3v) is 14.3. The van der Waals surface area contributed by atoms with E-state index in [9.17, 15) is 24.6 Å². The molecule has 0 rings (SSSR count). The number of hydrogen-bond donors (Lipinski definition) is 2. The highest BCUT2D eigenvalue weighted by Crippen LogP contribution is 2.39. The molecule has 0 amide bonds. The lowest BCUT2D eigenvalue weighted by molar-refractivity contribution is -0.151. The van der Waals surface area contributed by atoms with Crippen LogP contribution in [0.15, 0.2) is 0 Å². The van der Waals surface area contributed by atoms with E-state index in [2.05, 4.69) is 58.3 Å². The molecule has 0 saturated carbocycles. The molecule has 0 aliphatic carbocycles. The topological polar surface area (TPSA) is 117 Å². The number of nitrogens with zero attached hydrogens (tertiary/aromatic N) is 2. The molecular weight excluding hydrogens is 789 g/mol. The van der Waals surface area contributed by atoms with Crippen molar-refractivity contribution in [2.24, 2.45) is 10.8 Å². The van der Waals surface area contributed by atoms with Crippen LogP contribution in [0, 0.1) is 10.8 Å². The molecule has 0 heterocycles. The fourth-order valence-electron chi connectivity index (χ4n) is 9.62. The number of carbonyl (C=O) groups excluding carboxylic acids is 1. The van der Waals surface area contributed by atoms with Gasteiger partial charge in [-0.05, 0) is 77.4 Å². The van der Waals surface area contributed by atoms with E-state index in [4.69, 9.17) is 9.47 Å². The van der Waals surface area contributed by atoms with Gasteiger partial charge >= 0.3 is 18.1 Å². The van der Waals surface area contributed by atoms with E-state index in [1.165, 1.54) is 57.8 Å². The van der Waals surface area contributed by atoms with Gasteiger partial charge in [-0.15, -0.1) is 0 Å². The molecule has 9 heteroatoms. The molecule has 63 heavy (non-hydrogen) atoms. The quantitative estimate of drug-likeness (QED) is 0.0455. The first-order valence-corrected chi connectivity index (χ1v) is 27.3. The Morgan fingerprint density at radius 1 is 0.413 bits per heavy atom. The number of hydrogen-bond acceptors (Lipinski definition) is 7. The summed E-state index contributed by atoms with van der Waals surface area (Å²) in [6.07, 6.45) is 33.8. The highest BCUT2D eigenvalue weighted by molar-refractivity contribution is 5.75. The Hall–Kier alpha value is -1.87. The van der Waals surface area contributed by atoms with Crippen LogP contribution < -0.4 is 0 Å². The van der Waals surface area contributed by atoms with Crippen molar-refractivity contribution in [1.29, 1.82) is 0 Å². The Labute approximate surface area is 390 Å². The second kappa shape index (κ2) is 41.6. The minimum Gasteiger partial charge on any atom is -0.481 e. The molecule has 0 aromatic heterocycles. The predicted molar refractivity (Wildman–Crippen MR) is 266 cm³/mol. The SMILES string of the molecule is CCCCCCCCC(CCCCCC)(CCCCCCCCCCCC(CCCCCC)(CCCC(CCCC)OC(=O)OCCN(CC)CCN(CC)CC)C(=O)O)C(=O)O. The van der Waals surface area contributed by atoms with Crippen molar-refractivity contribution in [3.8, 4) is 0 Å². The zero-order valence-electron chi connectivity index (χ0n) is 42.9. The van der Waals surface area contributed by atoms with Gasteiger partial charge < -0.3 is 24.6 Å². The molecular formula is C54H106N2O7. The smallest absolute Gasteiger partial charge is 0.481 e. The van der Waals surface area contributed by atoms with Crippen molar-refractivity contribution in [2.75, 3.05) is 45.9 Å². The molecule has 0 aliphatic rings. The molecule has 0 aliphatic heterocycles. The van der Waals surface area contributed by atoms with Gasteiger partial charge in [-0.2, -0.15) is 0 Å². The molecule has 0 saturated heterocycles. The molecule has 0 bridgehead atoms. The van der Waals surface area contributed by atoms with Gasteiger partial charge in [0.05, 0.1) is 10.8 Å². The number of likely N-dealkylation sites (N-methyl/N-ethyl adjacent to an activating group) is 2. The van der Waals surface area contributed by atoms with Crippen LogP contribution in [-0.4, -0.2) is 90.1 Å². The number of carboxylic acids is 2. The van der Waals surface area contributed by atoms with E-state index in [0.29, 0.717) is 38.8 Å². The van der Waals surface area contributed by atoms with E-state index >= 15 is 0 Å². The molecule has 0 aromatic carbocycles. The van der Waals surface area contributed by atoms with Crippen molar-refractivity contribution in [1.82, 2.24) is 9.80 Å². The maximum absolute atomic E-state index is 13.1. The second-order valence-electron chi connectivity index (χ2n) is 19.3. The van der Waals surface area contributed by atoms with Crippen LogP contribution in [0.25, 0.3) is 0 Å². The first kappa shape index (κ1) is 61.1. The first-order valence-electron chi connectivity index (χ1n) is 27.3. The average Bonchev–Trinajstić information content (AvgIpc) is 3.27. The van der Waals surface area contributed by atoms with Crippen LogP contribution in [0.4, 0.5) is 4.79 Å². The minimum absolute atomic E-state index is 0.255. The number of carboxylic acid groups (broad SMARTS) is 2. The number of unbranched alkanes of at least 4 members (excludes halogenated alkanes) is 20. The molecule has 374 valence electrons. The minimum atomic E-state index is -0.728. The molecule has 2 N–H and O–H groups in total. The Kier molecular flexibility index (Phi) is 40.3. The Bertz CT molecular complexity index is 1070. The van der Waals surface area contributed by atoms with Crippen LogP contribution in [0.1, 0.15) is 267 Å². The van der Waals surface area contributed by atoms with Gasteiger partial charge in [0.2, 0.25) is 0 Å². The fourth-order valence-corrected chi connectivity index (χ4v) is 9.62. The average molecular weight is 895 g/mol. The summed E-state index contributed by atoms with van der Waals surface area (Å²) in [5.74, 6) is -1.22. The first-order chi connectivity index (χ1) is 30.5. The summed E-state index contributed by atoms with van der Waals surface area (Å²) >= 11 is 0. The van der Waals surface area contributed by atoms with Gasteiger partial charge in [-0.3, -0.25) is 14.5 Å². The van der Waals surface area contributed by atoms with Crippen LogP contribution in [0.2, 0.25) is 0 Å². The van der Waals surface area contributed by atoms with Crippen LogP contribution >= 0.6 is 0 Å². The third kappa shape index (κ3) is 30.9. The lowest BCUT2D eigenvalue weighted by Crippen LogP contribution is -2.37. The highest BCUT2D eigenvalue weighted by atomic mass is 16.7. The lowest BCUT2D eigenvalue weighted by Gasteiger charge is -2.30. The molecule has 0 aromatic rings. The van der Waals surface area contributed by atoms with Crippen molar-refractivity contribution in [2.45, 2.75) is 273 Å². The standard InChI is InChI=1S/C54H106N2O7/c1-8-15-19-22-28-33-41-53(50(57)58,39-31-20-16-9-2)42-34-29-26-24-23-25-27-30-35-43-54(51(59)60,40-32-21-17-10-3)44-36-38-49(37-18-11-4)63-52(61)62-48-47-56(14-7)46-45-55(12-5)13-6/h49H,8-48H2,1-7H3,(H,57,58)(H,59,60). The maximum atomic E-state index is 13.1. The van der Waals surface area contributed by atoms with Gasteiger partial charge in [0, 0.05) is 19.6 Å². The number of ether oxygens (including phenoxy) is 2. The van der Waals surface area contributed by atoms with E-state index in [-0.39, 0.29) is 6.10 Å². The summed E-state index contributed by atoms with van der Waals surface area (Å²) in [6, 6.07) is 0. The summed E-state index contributed by atoms with van der Waals surface area (Å²) in [7, 11) is 0. The van der Waals surface area contributed by atoms with E-state index in [1.807, 2.05) is 0 Å². The third-order valence-electron chi connectivity index (χ3n) is 14.3. The van der Waals surface area contributed by atoms with E-state index in [0.717, 1.165) is 168 Å². The van der Waals surface area contributed by atoms with Gasteiger partial charge in [0.15, 0.2) is 0 Å². The summed E-state index contributed by atoms with van der Waals surface area (Å²) in [5.41, 5.74) is -1.27. The van der Waals surface area contributed by atoms with Gasteiger partial charge in [0.25, 0.3) is 0 Å². The number of aliphatic carboxylic acids is 2. The number of rotatable bonds is 48. The zero-order chi connectivity index (χ0) is 46.9. The van der Waals surface area contributed by atoms with Gasteiger partial charge in [-0.25, -0.2) is 4.79 Å². The summed E-state index contributed by atoms with van der Waals surface area (Å²) in [5, 5.41) is 21.2.